The molecular weight excluding hydrogens is 246 g/mol. The zero-order valence-corrected chi connectivity index (χ0v) is 10.4. The Balaban J connectivity index is 1.87. The first-order valence-electron chi connectivity index (χ1n) is 5.77. The minimum absolute atomic E-state index is 0.558. The van der Waals surface area contributed by atoms with Gasteiger partial charge < -0.3 is 9.72 Å². The van der Waals surface area contributed by atoms with Gasteiger partial charge in [-0.25, -0.2) is 0 Å². The van der Waals surface area contributed by atoms with E-state index in [9.17, 15) is 0 Å². The molecule has 3 aromatic rings. The zero-order valence-electron chi connectivity index (χ0n) is 9.69. The number of fused-ring (bicyclic) bond motifs is 1. The first-order valence-corrected chi connectivity index (χ1v) is 6.15. The van der Waals surface area contributed by atoms with Crippen molar-refractivity contribution >= 4 is 22.5 Å². The number of ether oxygens (including phenoxy) is 1. The van der Waals surface area contributed by atoms with E-state index in [1.54, 1.807) is 0 Å². The molecular formula is C15H12ClNO. The lowest BCUT2D eigenvalue weighted by Crippen LogP contribution is -1.95. The summed E-state index contributed by atoms with van der Waals surface area (Å²) < 4.78 is 5.84. The first kappa shape index (κ1) is 11.2. The number of halogens is 1. The zero-order chi connectivity index (χ0) is 12.4. The summed E-state index contributed by atoms with van der Waals surface area (Å²) in [6, 6.07) is 15.8. The van der Waals surface area contributed by atoms with Gasteiger partial charge in [-0.15, -0.1) is 0 Å². The number of H-pyrrole nitrogens is 1. The molecule has 0 saturated carbocycles. The smallest absolute Gasteiger partial charge is 0.129 e. The van der Waals surface area contributed by atoms with Gasteiger partial charge in [0.05, 0.1) is 10.5 Å². The third-order valence-electron chi connectivity index (χ3n) is 2.87. The number of nitrogens with one attached hydrogen (secondary N) is 1. The highest BCUT2D eigenvalue weighted by Crippen LogP contribution is 2.30. The fourth-order valence-corrected chi connectivity index (χ4v) is 2.17. The van der Waals surface area contributed by atoms with Crippen LogP contribution in [-0.4, -0.2) is 4.98 Å². The number of aromatic nitrogens is 1. The van der Waals surface area contributed by atoms with Crippen molar-refractivity contribution in [3.8, 4) is 5.75 Å². The van der Waals surface area contributed by atoms with Crippen molar-refractivity contribution in [1.82, 2.24) is 4.98 Å². The molecule has 0 aliphatic carbocycles. The van der Waals surface area contributed by atoms with E-state index >= 15 is 0 Å². The Morgan fingerprint density at radius 1 is 1.00 bits per heavy atom. The number of hydrogen-bond donors (Lipinski definition) is 1. The lowest BCUT2D eigenvalue weighted by atomic mass is 10.2. The van der Waals surface area contributed by atoms with E-state index in [1.807, 2.05) is 54.7 Å². The van der Waals surface area contributed by atoms with Crippen LogP contribution in [0.2, 0.25) is 5.02 Å². The molecule has 1 N–H and O–H groups in total. The van der Waals surface area contributed by atoms with Gasteiger partial charge >= 0.3 is 0 Å². The topological polar surface area (TPSA) is 25.0 Å². The van der Waals surface area contributed by atoms with E-state index in [1.165, 1.54) is 0 Å². The van der Waals surface area contributed by atoms with E-state index < -0.39 is 0 Å². The summed E-state index contributed by atoms with van der Waals surface area (Å²) in [5.41, 5.74) is 2.07. The Labute approximate surface area is 110 Å². The van der Waals surface area contributed by atoms with E-state index in [0.29, 0.717) is 11.6 Å². The largest absolute Gasteiger partial charge is 0.488 e. The van der Waals surface area contributed by atoms with Gasteiger partial charge in [0.1, 0.15) is 12.4 Å². The van der Waals surface area contributed by atoms with E-state index in [4.69, 9.17) is 16.3 Å². The number of benzene rings is 2. The van der Waals surface area contributed by atoms with Gasteiger partial charge in [0.25, 0.3) is 0 Å². The highest BCUT2D eigenvalue weighted by Gasteiger charge is 2.06. The molecule has 0 saturated heterocycles. The Kier molecular flexibility index (Phi) is 2.95. The summed E-state index contributed by atoms with van der Waals surface area (Å²) in [4.78, 5) is 3.11. The van der Waals surface area contributed by atoms with Crippen LogP contribution in [0.25, 0.3) is 10.9 Å². The first-order chi connectivity index (χ1) is 8.84. The van der Waals surface area contributed by atoms with Crippen LogP contribution in [0.15, 0.2) is 54.7 Å². The van der Waals surface area contributed by atoms with Crippen LogP contribution in [0.4, 0.5) is 0 Å². The maximum absolute atomic E-state index is 6.10. The standard InChI is InChI=1S/C15H12ClNO/c16-13-6-7-14(12-8-9-17-15(12)13)18-10-11-4-2-1-3-5-11/h1-9,17H,10H2. The SMILES string of the molecule is Clc1ccc(OCc2ccccc2)c2cc[nH]c12. The van der Waals surface area contributed by atoms with Crippen molar-refractivity contribution in [2.24, 2.45) is 0 Å². The minimum Gasteiger partial charge on any atom is -0.488 e. The van der Waals surface area contributed by atoms with Crippen molar-refractivity contribution in [2.45, 2.75) is 6.61 Å². The van der Waals surface area contributed by atoms with Gasteiger partial charge in [-0.1, -0.05) is 41.9 Å². The fraction of sp³-hybridized carbons (Fsp3) is 0.0667. The van der Waals surface area contributed by atoms with Gasteiger partial charge in [0.2, 0.25) is 0 Å². The molecule has 0 aliphatic rings. The number of hydrogen-bond acceptors (Lipinski definition) is 1. The van der Waals surface area contributed by atoms with E-state index in [-0.39, 0.29) is 0 Å². The normalized spacial score (nSPS) is 10.7. The molecule has 1 aromatic heterocycles. The maximum atomic E-state index is 6.10. The predicted octanol–water partition coefficient (Wildman–Crippen LogP) is 4.40. The van der Waals surface area contributed by atoms with E-state index in [0.717, 1.165) is 22.2 Å². The van der Waals surface area contributed by atoms with Crippen LogP contribution in [0.3, 0.4) is 0 Å². The second-order valence-electron chi connectivity index (χ2n) is 4.09. The van der Waals surface area contributed by atoms with Crippen molar-refractivity contribution in [3.63, 3.8) is 0 Å². The van der Waals surface area contributed by atoms with Crippen LogP contribution in [0.5, 0.6) is 5.75 Å². The highest BCUT2D eigenvalue weighted by atomic mass is 35.5. The molecule has 0 atom stereocenters. The molecule has 0 bridgehead atoms. The molecule has 0 spiro atoms. The fourth-order valence-electron chi connectivity index (χ4n) is 1.96. The summed E-state index contributed by atoms with van der Waals surface area (Å²) in [5, 5.41) is 1.72. The molecule has 2 aromatic carbocycles. The van der Waals surface area contributed by atoms with Crippen LogP contribution < -0.4 is 4.74 Å². The van der Waals surface area contributed by atoms with E-state index in [2.05, 4.69) is 4.98 Å². The Bertz CT molecular complexity index is 661. The van der Waals surface area contributed by atoms with Crippen LogP contribution in [-0.2, 0) is 6.61 Å². The third kappa shape index (κ3) is 2.07. The third-order valence-corrected chi connectivity index (χ3v) is 3.18. The highest BCUT2D eigenvalue weighted by molar-refractivity contribution is 6.35. The summed E-state index contributed by atoms with van der Waals surface area (Å²) in [6.07, 6.45) is 1.87. The molecule has 2 nitrogen and oxygen atoms in total. The molecule has 1 heterocycles. The summed E-state index contributed by atoms with van der Waals surface area (Å²) in [5.74, 6) is 0.847. The van der Waals surface area contributed by atoms with Crippen molar-refractivity contribution in [3.05, 3.63) is 65.3 Å². The lowest BCUT2D eigenvalue weighted by molar-refractivity contribution is 0.310. The Hall–Kier alpha value is -1.93. The van der Waals surface area contributed by atoms with Crippen LogP contribution in [0, 0.1) is 0 Å². The molecule has 3 rings (SSSR count). The molecule has 0 unspecified atom stereocenters. The summed E-state index contributed by atoms with van der Waals surface area (Å²) >= 11 is 6.10. The monoisotopic (exact) mass is 257 g/mol. The minimum atomic E-state index is 0.558. The van der Waals surface area contributed by atoms with Crippen molar-refractivity contribution in [2.75, 3.05) is 0 Å². The maximum Gasteiger partial charge on any atom is 0.129 e. The van der Waals surface area contributed by atoms with Crippen molar-refractivity contribution in [1.29, 1.82) is 0 Å². The molecule has 0 amide bonds. The quantitative estimate of drug-likeness (QED) is 0.739. The van der Waals surface area contributed by atoms with Crippen LogP contribution in [0.1, 0.15) is 5.56 Å². The summed E-state index contributed by atoms with van der Waals surface area (Å²) in [6.45, 7) is 0.558. The second-order valence-corrected chi connectivity index (χ2v) is 4.49. The second kappa shape index (κ2) is 4.75. The average Bonchev–Trinajstić information content (AvgIpc) is 2.90. The van der Waals surface area contributed by atoms with Gasteiger partial charge in [0, 0.05) is 11.6 Å². The predicted molar refractivity (Wildman–Crippen MR) is 74.1 cm³/mol. The number of rotatable bonds is 3. The van der Waals surface area contributed by atoms with Gasteiger partial charge in [-0.2, -0.15) is 0 Å². The molecule has 0 radical (unpaired) electrons. The average molecular weight is 258 g/mol. The molecule has 0 fully saturated rings. The molecule has 3 heteroatoms. The summed E-state index contributed by atoms with van der Waals surface area (Å²) in [7, 11) is 0. The van der Waals surface area contributed by atoms with Gasteiger partial charge in [-0.3, -0.25) is 0 Å². The Morgan fingerprint density at radius 3 is 2.67 bits per heavy atom. The van der Waals surface area contributed by atoms with Crippen molar-refractivity contribution < 1.29 is 4.74 Å². The van der Waals surface area contributed by atoms with Gasteiger partial charge in [0.15, 0.2) is 0 Å². The molecule has 90 valence electrons. The Morgan fingerprint density at radius 2 is 1.83 bits per heavy atom. The molecule has 0 aliphatic heterocycles. The van der Waals surface area contributed by atoms with Crippen LogP contribution >= 0.6 is 11.6 Å². The lowest BCUT2D eigenvalue weighted by Gasteiger charge is -2.08. The molecule has 18 heavy (non-hydrogen) atoms. The number of aromatic amines is 1. The van der Waals surface area contributed by atoms with Gasteiger partial charge in [-0.05, 0) is 23.8 Å².